The van der Waals surface area contributed by atoms with Crippen LogP contribution < -0.4 is 0 Å². The van der Waals surface area contributed by atoms with Gasteiger partial charge in [-0.05, 0) is 81.8 Å². The largest absolute Gasteiger partial charge is 0.294 e. The smallest absolute Gasteiger partial charge is 0.154 e. The van der Waals surface area contributed by atoms with Crippen LogP contribution in [0.5, 0.6) is 0 Å². The van der Waals surface area contributed by atoms with Crippen LogP contribution in [0.3, 0.4) is 0 Å². The molecule has 6 heteroatoms. The van der Waals surface area contributed by atoms with E-state index in [0.717, 1.165) is 0 Å². The second kappa shape index (κ2) is 20.2. The Balaban J connectivity index is -0.0000000936. The van der Waals surface area contributed by atoms with Crippen molar-refractivity contribution in [1.82, 2.24) is 0 Å². The van der Waals surface area contributed by atoms with Gasteiger partial charge in [0.2, 0.25) is 0 Å². The van der Waals surface area contributed by atoms with Gasteiger partial charge in [0, 0.05) is 12.0 Å². The van der Waals surface area contributed by atoms with Crippen LogP contribution in [0.4, 0.5) is 0 Å². The van der Waals surface area contributed by atoms with E-state index < -0.39 is 22.2 Å². The van der Waals surface area contributed by atoms with Crippen LogP contribution >= 0.6 is 0 Å². The van der Waals surface area contributed by atoms with Gasteiger partial charge in [0.1, 0.15) is 0 Å². The van der Waals surface area contributed by atoms with E-state index in [9.17, 15) is 8.42 Å². The molecule has 166 valence electrons. The first-order valence-electron chi connectivity index (χ1n) is 7.97. The average molecular weight is 427 g/mol. The van der Waals surface area contributed by atoms with Gasteiger partial charge >= 0.3 is 0 Å². The van der Waals surface area contributed by atoms with Crippen molar-refractivity contribution in [2.45, 2.75) is 77.7 Å². The van der Waals surface area contributed by atoms with Gasteiger partial charge in [0.25, 0.3) is 0 Å². The van der Waals surface area contributed by atoms with E-state index in [1.165, 1.54) is 46.7 Å². The lowest BCUT2D eigenvalue weighted by molar-refractivity contribution is 0.375. The highest BCUT2D eigenvalue weighted by atomic mass is 32.2. The van der Waals surface area contributed by atoms with Crippen LogP contribution in [0, 0.1) is 41.5 Å². The van der Waals surface area contributed by atoms with Crippen LogP contribution in [0.2, 0.25) is 0 Å². The van der Waals surface area contributed by atoms with Gasteiger partial charge < -0.3 is 0 Å². The third kappa shape index (κ3) is 15.1. The lowest BCUT2D eigenvalue weighted by Gasteiger charge is -2.15. The number of benzene rings is 1. The Labute approximate surface area is 175 Å². The summed E-state index contributed by atoms with van der Waals surface area (Å²) in [5.41, 5.74) is 8.73. The minimum atomic E-state index is -1.07. The zero-order valence-electron chi connectivity index (χ0n) is 16.9. The molecule has 0 aromatic heterocycles. The molecule has 0 bridgehead atoms. The predicted octanol–water partition coefficient (Wildman–Crippen LogP) is 6.08. The molecular formula is C21H46O4S2. The molecule has 4 nitrogen and oxygen atoms in total. The van der Waals surface area contributed by atoms with Gasteiger partial charge in [-0.25, -0.2) is 8.42 Å². The first-order valence-corrected chi connectivity index (χ1v) is 10.7. The summed E-state index contributed by atoms with van der Waals surface area (Å²) in [4.78, 5) is 0. The Morgan fingerprint density at radius 2 is 0.963 bits per heavy atom. The second-order valence-corrected chi connectivity index (χ2v) is 7.87. The summed E-state index contributed by atoms with van der Waals surface area (Å²) in [6, 6.07) is 0. The normalized spacial score (nSPS) is 11.0. The van der Waals surface area contributed by atoms with Gasteiger partial charge in [0.05, 0.1) is 13.7 Å². The first kappa shape index (κ1) is 37.2. The van der Waals surface area contributed by atoms with Crippen molar-refractivity contribution in [3.8, 4) is 0 Å². The lowest BCUT2D eigenvalue weighted by Crippen LogP contribution is -1.98. The van der Waals surface area contributed by atoms with E-state index in [-0.39, 0.29) is 22.3 Å². The molecule has 0 saturated heterocycles. The molecule has 0 spiro atoms. The zero-order chi connectivity index (χ0) is 19.4. The zero-order valence-corrected chi connectivity index (χ0v) is 18.5. The van der Waals surface area contributed by atoms with Crippen molar-refractivity contribution in [2.24, 2.45) is 0 Å². The average Bonchev–Trinajstić information content (AvgIpc) is 2.56. The van der Waals surface area contributed by atoms with E-state index in [1.54, 1.807) is 13.8 Å². The second-order valence-electron chi connectivity index (χ2n) is 5.32. The van der Waals surface area contributed by atoms with Gasteiger partial charge in [-0.15, -0.1) is 0 Å². The Kier molecular flexibility index (Phi) is 27.8. The molecule has 0 radical (unpaired) electrons. The third-order valence-corrected chi connectivity index (χ3v) is 5.49. The molecule has 0 amide bonds. The van der Waals surface area contributed by atoms with Crippen molar-refractivity contribution in [3.05, 3.63) is 33.4 Å². The van der Waals surface area contributed by atoms with E-state index in [4.69, 9.17) is 0 Å². The van der Waals surface area contributed by atoms with Crippen molar-refractivity contribution in [1.29, 1.82) is 0 Å². The molecule has 0 aliphatic heterocycles. The molecule has 0 aliphatic carbocycles. The Bertz CT molecular complexity index is 445. The molecular weight excluding hydrogens is 380 g/mol. The van der Waals surface area contributed by atoms with Crippen molar-refractivity contribution in [3.63, 3.8) is 0 Å². The maximum atomic E-state index is 10.1. The topological polar surface area (TPSA) is 52.6 Å². The summed E-state index contributed by atoms with van der Waals surface area (Å²) in [6.07, 6.45) is 1.50. The molecule has 2 atom stereocenters. The molecule has 27 heavy (non-hydrogen) atoms. The SMILES string of the molecule is C.C.C.CCOS(C)=O.CCS(=O)OC.Cc1c(C)c(C)c(C)c(C)c1C. The Morgan fingerprint density at radius 1 is 0.704 bits per heavy atom. The standard InChI is InChI=1S/C12H18.2C3H8O2S.3CH4/c1-7-8(2)10(4)12(6)11(5)9(7)3;1-3-5-6(2)4;1-3-6(4)5-2;;;/h1-6H3;2*3H2,1-2H3;3*1H4. The Hall–Kier alpha value is -0.560. The van der Waals surface area contributed by atoms with E-state index in [2.05, 4.69) is 49.9 Å². The minimum Gasteiger partial charge on any atom is -0.294 e. The molecule has 0 aliphatic rings. The quantitative estimate of drug-likeness (QED) is 0.585. The molecule has 0 N–H and O–H groups in total. The fourth-order valence-electron chi connectivity index (χ4n) is 1.97. The molecule has 1 aromatic carbocycles. The van der Waals surface area contributed by atoms with E-state index in [0.29, 0.717) is 12.4 Å². The molecule has 2 unspecified atom stereocenters. The van der Waals surface area contributed by atoms with Crippen LogP contribution in [-0.2, 0) is 30.5 Å². The highest BCUT2D eigenvalue weighted by Crippen LogP contribution is 2.24. The van der Waals surface area contributed by atoms with Crippen LogP contribution in [0.1, 0.15) is 69.5 Å². The van der Waals surface area contributed by atoms with Crippen molar-refractivity contribution < 1.29 is 16.8 Å². The summed E-state index contributed by atoms with van der Waals surface area (Å²) < 4.78 is 28.9. The first-order chi connectivity index (χ1) is 11.0. The molecule has 0 heterocycles. The summed E-state index contributed by atoms with van der Waals surface area (Å²) in [5, 5.41) is 0. The lowest BCUT2D eigenvalue weighted by atomic mass is 9.90. The number of hydrogen-bond donors (Lipinski definition) is 0. The van der Waals surface area contributed by atoms with Gasteiger partial charge in [-0.2, -0.15) is 0 Å². The molecule has 1 aromatic rings. The fraction of sp³-hybridized carbons (Fsp3) is 0.714. The van der Waals surface area contributed by atoms with Crippen molar-refractivity contribution >= 4 is 22.2 Å². The van der Waals surface area contributed by atoms with Gasteiger partial charge in [0.15, 0.2) is 22.2 Å². The van der Waals surface area contributed by atoms with E-state index >= 15 is 0 Å². The monoisotopic (exact) mass is 426 g/mol. The number of rotatable bonds is 4. The summed E-state index contributed by atoms with van der Waals surface area (Å²) in [6.45, 7) is 17.4. The predicted molar refractivity (Wildman–Crippen MR) is 126 cm³/mol. The highest BCUT2D eigenvalue weighted by Gasteiger charge is 2.07. The third-order valence-electron chi connectivity index (χ3n) is 4.08. The van der Waals surface area contributed by atoms with Crippen LogP contribution in [-0.4, -0.2) is 34.1 Å². The highest BCUT2D eigenvalue weighted by molar-refractivity contribution is 7.80. The number of hydrogen-bond acceptors (Lipinski definition) is 4. The summed E-state index contributed by atoms with van der Waals surface area (Å²) >= 11 is -2.10. The van der Waals surface area contributed by atoms with Gasteiger partial charge in [-0.1, -0.05) is 29.2 Å². The van der Waals surface area contributed by atoms with Crippen LogP contribution in [0.15, 0.2) is 0 Å². The maximum Gasteiger partial charge on any atom is 0.154 e. The molecule has 0 fully saturated rings. The van der Waals surface area contributed by atoms with Crippen molar-refractivity contribution in [2.75, 3.05) is 25.7 Å². The molecule has 0 saturated carbocycles. The van der Waals surface area contributed by atoms with E-state index in [1.807, 2.05) is 0 Å². The fourth-order valence-corrected chi connectivity index (χ4v) is 2.54. The Morgan fingerprint density at radius 3 is 1.00 bits per heavy atom. The molecule has 1 rings (SSSR count). The minimum absolute atomic E-state index is 0. The summed E-state index contributed by atoms with van der Waals surface area (Å²) in [5.74, 6) is 0.580. The summed E-state index contributed by atoms with van der Waals surface area (Å²) in [7, 11) is 1.43. The maximum absolute atomic E-state index is 10.1. The van der Waals surface area contributed by atoms with Gasteiger partial charge in [-0.3, -0.25) is 8.37 Å². The van der Waals surface area contributed by atoms with Crippen LogP contribution in [0.25, 0.3) is 0 Å².